The van der Waals surface area contributed by atoms with Crippen molar-refractivity contribution in [3.8, 4) is 0 Å². The molecule has 2 rings (SSSR count). The molecule has 0 saturated carbocycles. The van der Waals surface area contributed by atoms with E-state index in [2.05, 4.69) is 10.3 Å². The topological polar surface area (TPSA) is 42.0 Å². The summed E-state index contributed by atoms with van der Waals surface area (Å²) in [5.74, 6) is -0.509. The molecule has 2 aromatic rings. The van der Waals surface area contributed by atoms with Crippen LogP contribution in [0.15, 0.2) is 24.3 Å². The Balaban J connectivity index is 2.38. The molecule has 0 radical (unpaired) electrons. The van der Waals surface area contributed by atoms with Crippen molar-refractivity contribution in [1.82, 2.24) is 4.98 Å². The Labute approximate surface area is 135 Å². The summed E-state index contributed by atoms with van der Waals surface area (Å²) in [6.45, 7) is 1.87. The first-order chi connectivity index (χ1) is 9.41. The molecular formula is C13H8Cl4N2O. The highest BCUT2D eigenvalue weighted by Gasteiger charge is 2.20. The zero-order chi connectivity index (χ0) is 14.9. The SMILES string of the molecule is Cc1ccccc1NC(=O)c1nc(Cl)c(Cl)c(Cl)c1Cl. The second-order valence-corrected chi connectivity index (χ2v) is 5.45. The molecule has 0 fully saturated rings. The van der Waals surface area contributed by atoms with Gasteiger partial charge in [0.05, 0.1) is 15.1 Å². The molecule has 1 aromatic carbocycles. The van der Waals surface area contributed by atoms with Gasteiger partial charge < -0.3 is 5.32 Å². The van der Waals surface area contributed by atoms with Gasteiger partial charge in [-0.2, -0.15) is 0 Å². The Morgan fingerprint density at radius 3 is 2.35 bits per heavy atom. The third kappa shape index (κ3) is 3.01. The highest BCUT2D eigenvalue weighted by atomic mass is 35.5. The zero-order valence-electron chi connectivity index (χ0n) is 10.2. The number of anilines is 1. The minimum Gasteiger partial charge on any atom is -0.320 e. The molecule has 3 nitrogen and oxygen atoms in total. The molecule has 0 atom stereocenters. The molecule has 0 aliphatic carbocycles. The molecule has 1 N–H and O–H groups in total. The molecule has 0 unspecified atom stereocenters. The first-order valence-electron chi connectivity index (χ1n) is 5.48. The third-order valence-corrected chi connectivity index (χ3v) is 4.27. The highest BCUT2D eigenvalue weighted by Crippen LogP contribution is 2.36. The zero-order valence-corrected chi connectivity index (χ0v) is 13.2. The molecule has 0 aliphatic rings. The fraction of sp³-hybridized carbons (Fsp3) is 0.0769. The van der Waals surface area contributed by atoms with E-state index in [-0.39, 0.29) is 25.9 Å². The number of carbonyl (C=O) groups is 1. The summed E-state index contributed by atoms with van der Waals surface area (Å²) < 4.78 is 0. The summed E-state index contributed by atoms with van der Waals surface area (Å²) in [5.41, 5.74) is 1.48. The van der Waals surface area contributed by atoms with Crippen LogP contribution in [0.2, 0.25) is 20.2 Å². The summed E-state index contributed by atoms with van der Waals surface area (Å²) in [7, 11) is 0. The van der Waals surface area contributed by atoms with Gasteiger partial charge in [0.1, 0.15) is 10.8 Å². The van der Waals surface area contributed by atoms with E-state index in [1.807, 2.05) is 19.1 Å². The van der Waals surface area contributed by atoms with E-state index in [1.54, 1.807) is 12.1 Å². The lowest BCUT2D eigenvalue weighted by molar-refractivity contribution is 0.102. The van der Waals surface area contributed by atoms with Crippen LogP contribution in [0.3, 0.4) is 0 Å². The summed E-state index contributed by atoms with van der Waals surface area (Å²) in [4.78, 5) is 16.0. The van der Waals surface area contributed by atoms with Gasteiger partial charge in [-0.1, -0.05) is 64.6 Å². The lowest BCUT2D eigenvalue weighted by Gasteiger charge is -2.10. The number of hydrogen-bond acceptors (Lipinski definition) is 2. The maximum Gasteiger partial charge on any atom is 0.275 e. The monoisotopic (exact) mass is 348 g/mol. The van der Waals surface area contributed by atoms with Gasteiger partial charge >= 0.3 is 0 Å². The van der Waals surface area contributed by atoms with Crippen LogP contribution < -0.4 is 5.32 Å². The maximum atomic E-state index is 12.2. The largest absolute Gasteiger partial charge is 0.320 e. The smallest absolute Gasteiger partial charge is 0.275 e. The van der Waals surface area contributed by atoms with Gasteiger partial charge in [-0.05, 0) is 18.6 Å². The number of rotatable bonds is 2. The molecule has 1 amide bonds. The lowest BCUT2D eigenvalue weighted by atomic mass is 10.2. The Morgan fingerprint density at radius 2 is 1.70 bits per heavy atom. The lowest BCUT2D eigenvalue weighted by Crippen LogP contribution is -2.15. The number of nitrogens with zero attached hydrogens (tertiary/aromatic N) is 1. The van der Waals surface area contributed by atoms with Gasteiger partial charge in [-0.25, -0.2) is 4.98 Å². The first-order valence-corrected chi connectivity index (χ1v) is 7.00. The van der Waals surface area contributed by atoms with Crippen LogP contribution in [0.4, 0.5) is 5.69 Å². The quantitative estimate of drug-likeness (QED) is 0.751. The molecular weight excluding hydrogens is 342 g/mol. The molecule has 1 aromatic heterocycles. The average molecular weight is 350 g/mol. The molecule has 0 saturated heterocycles. The minimum atomic E-state index is -0.509. The van der Waals surface area contributed by atoms with Crippen LogP contribution in [0.5, 0.6) is 0 Å². The van der Waals surface area contributed by atoms with Crippen molar-refractivity contribution in [2.45, 2.75) is 6.92 Å². The van der Waals surface area contributed by atoms with Crippen LogP contribution in [0, 0.1) is 6.92 Å². The van der Waals surface area contributed by atoms with Crippen molar-refractivity contribution < 1.29 is 4.79 Å². The Hall–Kier alpha value is -1.000. The number of para-hydroxylation sites is 1. The van der Waals surface area contributed by atoms with Gasteiger partial charge in [-0.3, -0.25) is 4.79 Å². The van der Waals surface area contributed by atoms with Crippen LogP contribution >= 0.6 is 46.4 Å². The Bertz CT molecular complexity index is 688. The molecule has 20 heavy (non-hydrogen) atoms. The Morgan fingerprint density at radius 1 is 1.05 bits per heavy atom. The number of aryl methyl sites for hydroxylation is 1. The van der Waals surface area contributed by atoms with Crippen LogP contribution in [0.25, 0.3) is 0 Å². The standard InChI is InChI=1S/C13H8Cl4N2O/c1-6-4-2-3-5-7(6)18-13(20)11-9(15)8(14)10(16)12(17)19-11/h2-5H,1H3,(H,18,20). The average Bonchev–Trinajstić information content (AvgIpc) is 2.43. The van der Waals surface area contributed by atoms with Crippen molar-refractivity contribution in [3.63, 3.8) is 0 Å². The summed E-state index contributed by atoms with van der Waals surface area (Å²) >= 11 is 23.5. The second kappa shape index (κ2) is 6.19. The van der Waals surface area contributed by atoms with E-state index in [9.17, 15) is 4.79 Å². The van der Waals surface area contributed by atoms with Gasteiger partial charge in [0.2, 0.25) is 0 Å². The number of nitrogens with one attached hydrogen (secondary N) is 1. The van der Waals surface area contributed by atoms with E-state index in [1.165, 1.54) is 0 Å². The van der Waals surface area contributed by atoms with E-state index in [0.29, 0.717) is 5.69 Å². The van der Waals surface area contributed by atoms with E-state index >= 15 is 0 Å². The molecule has 0 bridgehead atoms. The van der Waals surface area contributed by atoms with Gasteiger partial charge in [0.15, 0.2) is 0 Å². The first kappa shape index (κ1) is 15.4. The molecule has 0 aliphatic heterocycles. The summed E-state index contributed by atoms with van der Waals surface area (Å²) in [5, 5.41) is 2.61. The van der Waals surface area contributed by atoms with Crippen molar-refractivity contribution in [3.05, 3.63) is 55.7 Å². The van der Waals surface area contributed by atoms with Gasteiger partial charge in [-0.15, -0.1) is 0 Å². The third-order valence-electron chi connectivity index (χ3n) is 2.59. The number of halogens is 4. The van der Waals surface area contributed by atoms with Crippen molar-refractivity contribution in [1.29, 1.82) is 0 Å². The Kier molecular flexibility index (Phi) is 4.76. The number of benzene rings is 1. The molecule has 104 valence electrons. The summed E-state index contributed by atoms with van der Waals surface area (Å²) in [6, 6.07) is 7.30. The van der Waals surface area contributed by atoms with E-state index in [0.717, 1.165) is 5.56 Å². The minimum absolute atomic E-state index is 0.00302. The fourth-order valence-electron chi connectivity index (χ4n) is 1.53. The van der Waals surface area contributed by atoms with Gasteiger partial charge in [0.25, 0.3) is 5.91 Å². The highest BCUT2D eigenvalue weighted by molar-refractivity contribution is 6.52. The molecule has 0 spiro atoms. The predicted molar refractivity (Wildman–Crippen MR) is 83.4 cm³/mol. The van der Waals surface area contributed by atoms with E-state index in [4.69, 9.17) is 46.4 Å². The predicted octanol–water partition coefficient (Wildman–Crippen LogP) is 5.26. The number of pyridine rings is 1. The van der Waals surface area contributed by atoms with Gasteiger partial charge in [0, 0.05) is 5.69 Å². The number of carbonyl (C=O) groups excluding carboxylic acids is 1. The fourth-order valence-corrected chi connectivity index (χ4v) is 2.35. The number of aromatic nitrogens is 1. The second-order valence-electron chi connectivity index (χ2n) is 3.96. The maximum absolute atomic E-state index is 12.2. The van der Waals surface area contributed by atoms with Crippen molar-refractivity contribution >= 4 is 58.0 Å². The van der Waals surface area contributed by atoms with Crippen LogP contribution in [-0.4, -0.2) is 10.9 Å². The van der Waals surface area contributed by atoms with Crippen molar-refractivity contribution in [2.75, 3.05) is 5.32 Å². The molecule has 7 heteroatoms. The summed E-state index contributed by atoms with van der Waals surface area (Å²) in [6.07, 6.45) is 0. The molecule has 1 heterocycles. The number of hydrogen-bond donors (Lipinski definition) is 1. The number of amides is 1. The van der Waals surface area contributed by atoms with Crippen LogP contribution in [0.1, 0.15) is 16.1 Å². The van der Waals surface area contributed by atoms with Crippen LogP contribution in [-0.2, 0) is 0 Å². The van der Waals surface area contributed by atoms with E-state index < -0.39 is 5.91 Å². The normalized spacial score (nSPS) is 10.4. The van der Waals surface area contributed by atoms with Crippen molar-refractivity contribution in [2.24, 2.45) is 0 Å².